The van der Waals surface area contributed by atoms with Crippen molar-refractivity contribution < 1.29 is 32.5 Å². The van der Waals surface area contributed by atoms with Crippen molar-refractivity contribution in [3.63, 3.8) is 0 Å². The maximum atomic E-state index is 13.1. The molecule has 9 nitrogen and oxygen atoms in total. The molecule has 0 aliphatic heterocycles. The smallest absolute Gasteiger partial charge is 0.416 e. The van der Waals surface area contributed by atoms with Crippen molar-refractivity contribution >= 4 is 23.0 Å². The largest absolute Gasteiger partial charge is 0.491 e. The summed E-state index contributed by atoms with van der Waals surface area (Å²) in [7, 11) is 0. The number of halogens is 3. The van der Waals surface area contributed by atoms with Crippen LogP contribution in [0, 0.1) is 27.2 Å². The predicted molar refractivity (Wildman–Crippen MR) is 99.7 cm³/mol. The zero-order valence-electron chi connectivity index (χ0n) is 15.8. The monoisotopic (exact) mass is 427 g/mol. The number of amides is 1. The maximum Gasteiger partial charge on any atom is 0.416 e. The third-order valence-corrected chi connectivity index (χ3v) is 4.03. The molecule has 0 fully saturated rings. The molecule has 0 unspecified atom stereocenters. The number of nitro benzene ring substituents is 2. The Balaban J connectivity index is 2.53. The minimum absolute atomic E-state index is 0.0456. The van der Waals surface area contributed by atoms with E-state index in [0.29, 0.717) is 18.6 Å². The van der Waals surface area contributed by atoms with Crippen LogP contribution in [0.3, 0.4) is 0 Å². The Kier molecular flexibility index (Phi) is 6.59. The van der Waals surface area contributed by atoms with Crippen LogP contribution < -0.4 is 10.1 Å². The highest BCUT2D eigenvalue weighted by molar-refractivity contribution is 6.07. The van der Waals surface area contributed by atoms with Crippen molar-refractivity contribution in [2.24, 2.45) is 0 Å². The van der Waals surface area contributed by atoms with Crippen LogP contribution in [0.4, 0.5) is 30.2 Å². The second-order valence-electron chi connectivity index (χ2n) is 6.16. The van der Waals surface area contributed by atoms with E-state index in [1.807, 2.05) is 0 Å². The Hall–Kier alpha value is -3.70. The fourth-order valence-electron chi connectivity index (χ4n) is 2.55. The average Bonchev–Trinajstić information content (AvgIpc) is 2.65. The molecule has 0 bridgehead atoms. The number of carbonyl (C=O) groups is 1. The van der Waals surface area contributed by atoms with Crippen LogP contribution in [0.15, 0.2) is 30.3 Å². The van der Waals surface area contributed by atoms with Gasteiger partial charge >= 0.3 is 6.18 Å². The summed E-state index contributed by atoms with van der Waals surface area (Å²) in [4.78, 5) is 33.1. The van der Waals surface area contributed by atoms with Gasteiger partial charge in [0.2, 0.25) is 0 Å². The Morgan fingerprint density at radius 2 is 1.80 bits per heavy atom. The van der Waals surface area contributed by atoms with E-state index in [1.54, 1.807) is 6.92 Å². The van der Waals surface area contributed by atoms with Crippen LogP contribution in [-0.2, 0) is 6.18 Å². The minimum atomic E-state index is -4.69. The molecule has 0 aliphatic rings. The average molecular weight is 427 g/mol. The van der Waals surface area contributed by atoms with Crippen molar-refractivity contribution in [2.45, 2.75) is 26.4 Å². The minimum Gasteiger partial charge on any atom is -0.491 e. The van der Waals surface area contributed by atoms with Crippen LogP contribution >= 0.6 is 0 Å². The second kappa shape index (κ2) is 8.76. The van der Waals surface area contributed by atoms with Gasteiger partial charge in [0.1, 0.15) is 5.75 Å². The Labute approximate surface area is 167 Å². The van der Waals surface area contributed by atoms with E-state index in [1.165, 1.54) is 6.92 Å². The molecule has 1 amide bonds. The number of rotatable bonds is 7. The number of anilines is 1. The van der Waals surface area contributed by atoms with E-state index in [-0.39, 0.29) is 23.6 Å². The van der Waals surface area contributed by atoms with Crippen LogP contribution in [-0.4, -0.2) is 22.4 Å². The first kappa shape index (κ1) is 22.6. The molecule has 0 atom stereocenters. The molecule has 0 saturated heterocycles. The highest BCUT2D eigenvalue weighted by atomic mass is 19.4. The quantitative estimate of drug-likeness (QED) is 0.496. The van der Waals surface area contributed by atoms with Crippen LogP contribution in [0.1, 0.15) is 34.8 Å². The Morgan fingerprint density at radius 3 is 2.33 bits per heavy atom. The molecule has 160 valence electrons. The number of non-ortho nitro benzene ring substituents is 1. The third-order valence-electron chi connectivity index (χ3n) is 4.03. The lowest BCUT2D eigenvalue weighted by atomic mass is 10.0. The maximum absolute atomic E-state index is 13.1. The molecular weight excluding hydrogens is 411 g/mol. The summed E-state index contributed by atoms with van der Waals surface area (Å²) in [6.45, 7) is 3.14. The van der Waals surface area contributed by atoms with E-state index in [4.69, 9.17) is 4.74 Å². The molecule has 0 aliphatic carbocycles. The number of nitro groups is 2. The fourth-order valence-corrected chi connectivity index (χ4v) is 2.55. The van der Waals surface area contributed by atoms with Gasteiger partial charge in [0.25, 0.3) is 17.3 Å². The Bertz CT molecular complexity index is 1010. The highest BCUT2D eigenvalue weighted by Gasteiger charge is 2.32. The van der Waals surface area contributed by atoms with Crippen molar-refractivity contribution in [1.29, 1.82) is 0 Å². The summed E-state index contributed by atoms with van der Waals surface area (Å²) in [5, 5.41) is 24.4. The zero-order chi connectivity index (χ0) is 22.6. The van der Waals surface area contributed by atoms with Gasteiger partial charge in [-0.15, -0.1) is 0 Å². The van der Waals surface area contributed by atoms with Crippen molar-refractivity contribution in [2.75, 3.05) is 11.9 Å². The number of nitrogens with zero attached hydrogens (tertiary/aromatic N) is 2. The number of ether oxygens (including phenoxy) is 1. The van der Waals surface area contributed by atoms with Gasteiger partial charge in [0, 0.05) is 11.6 Å². The number of benzene rings is 2. The molecule has 1 N–H and O–H groups in total. The molecule has 2 aromatic carbocycles. The van der Waals surface area contributed by atoms with Gasteiger partial charge in [-0.05, 0) is 31.5 Å². The molecule has 2 rings (SSSR count). The first-order valence-corrected chi connectivity index (χ1v) is 8.54. The van der Waals surface area contributed by atoms with Crippen molar-refractivity contribution in [1.82, 2.24) is 0 Å². The van der Waals surface area contributed by atoms with Gasteiger partial charge in [0.15, 0.2) is 0 Å². The van der Waals surface area contributed by atoms with Gasteiger partial charge in [-0.25, -0.2) is 0 Å². The lowest BCUT2D eigenvalue weighted by Crippen LogP contribution is -2.16. The topological polar surface area (TPSA) is 125 Å². The van der Waals surface area contributed by atoms with E-state index in [0.717, 1.165) is 18.2 Å². The van der Waals surface area contributed by atoms with E-state index in [9.17, 15) is 38.2 Å². The first-order valence-electron chi connectivity index (χ1n) is 8.54. The van der Waals surface area contributed by atoms with E-state index in [2.05, 4.69) is 5.32 Å². The molecule has 30 heavy (non-hydrogen) atoms. The standard InChI is InChI=1S/C18H16F3N3O6/c1-3-6-30-16-5-4-11(18(19,20)21)7-14(16)22-17(25)13-8-12(23(26)27)9-15(10(13)2)24(28)29/h4-5,7-9H,3,6H2,1-2H3,(H,22,25). The van der Waals surface area contributed by atoms with E-state index >= 15 is 0 Å². The van der Waals surface area contributed by atoms with Crippen molar-refractivity contribution in [3.8, 4) is 5.75 Å². The molecule has 0 saturated carbocycles. The normalized spacial score (nSPS) is 11.1. The number of alkyl halides is 3. The molecule has 0 spiro atoms. The van der Waals surface area contributed by atoms with Gasteiger partial charge < -0.3 is 10.1 Å². The Morgan fingerprint density at radius 1 is 1.13 bits per heavy atom. The van der Waals surface area contributed by atoms with Gasteiger partial charge in [-0.3, -0.25) is 25.0 Å². The zero-order valence-corrected chi connectivity index (χ0v) is 15.8. The molecule has 0 radical (unpaired) electrons. The summed E-state index contributed by atoms with van der Waals surface area (Å²) in [6, 6.07) is 4.00. The first-order chi connectivity index (χ1) is 14.0. The summed E-state index contributed by atoms with van der Waals surface area (Å²) in [6.07, 6.45) is -4.15. The van der Waals surface area contributed by atoms with E-state index < -0.39 is 44.4 Å². The van der Waals surface area contributed by atoms with Crippen LogP contribution in [0.2, 0.25) is 0 Å². The number of carbonyl (C=O) groups excluding carboxylic acids is 1. The highest BCUT2D eigenvalue weighted by Crippen LogP contribution is 2.36. The fraction of sp³-hybridized carbons (Fsp3) is 0.278. The number of hydrogen-bond donors (Lipinski definition) is 1. The number of hydrogen-bond acceptors (Lipinski definition) is 6. The molecule has 2 aromatic rings. The van der Waals surface area contributed by atoms with Gasteiger partial charge in [-0.1, -0.05) is 6.92 Å². The lowest BCUT2D eigenvalue weighted by Gasteiger charge is -2.15. The lowest BCUT2D eigenvalue weighted by molar-refractivity contribution is -0.394. The molecule has 0 aromatic heterocycles. The molecular formula is C18H16F3N3O6. The molecule has 0 heterocycles. The summed E-state index contributed by atoms with van der Waals surface area (Å²) in [5.41, 5.74) is -3.34. The number of nitrogens with one attached hydrogen (secondary N) is 1. The SMILES string of the molecule is CCCOc1ccc(C(F)(F)F)cc1NC(=O)c1cc([N+](=O)[O-])cc([N+](=O)[O-])c1C. The van der Waals surface area contributed by atoms with Gasteiger partial charge in [-0.2, -0.15) is 13.2 Å². The summed E-state index contributed by atoms with van der Waals surface area (Å²) < 4.78 is 44.5. The second-order valence-corrected chi connectivity index (χ2v) is 6.16. The third kappa shape index (κ3) is 5.01. The van der Waals surface area contributed by atoms with Gasteiger partial charge in [0.05, 0.1) is 39.3 Å². The summed E-state index contributed by atoms with van der Waals surface area (Å²) >= 11 is 0. The summed E-state index contributed by atoms with van der Waals surface area (Å²) in [5.74, 6) is -1.10. The van der Waals surface area contributed by atoms with Crippen LogP contribution in [0.25, 0.3) is 0 Å². The van der Waals surface area contributed by atoms with Crippen molar-refractivity contribution in [3.05, 3.63) is 67.3 Å². The van der Waals surface area contributed by atoms with Crippen LogP contribution in [0.5, 0.6) is 5.75 Å². The molecule has 12 heteroatoms. The predicted octanol–water partition coefficient (Wildman–Crippen LogP) is 4.87.